The van der Waals surface area contributed by atoms with Crippen molar-refractivity contribution in [3.05, 3.63) is 29.3 Å². The fourth-order valence-electron chi connectivity index (χ4n) is 4.34. The van der Waals surface area contributed by atoms with Crippen LogP contribution < -0.4 is 20.7 Å². The van der Waals surface area contributed by atoms with Crippen LogP contribution in [-0.2, 0) is 19.1 Å². The minimum Gasteiger partial charge on any atom is -0.491 e. The molecule has 34 heavy (non-hydrogen) atoms. The van der Waals surface area contributed by atoms with Crippen LogP contribution in [0.4, 0.5) is 0 Å². The maximum atomic E-state index is 12.8. The number of nitrogens with one attached hydrogen (secondary N) is 3. The summed E-state index contributed by atoms with van der Waals surface area (Å²) in [4.78, 5) is 62.0. The zero-order chi connectivity index (χ0) is 24.1. The molecule has 1 unspecified atom stereocenters. The molecular formula is C23H28N4O7. The van der Waals surface area contributed by atoms with Crippen LogP contribution in [0.15, 0.2) is 18.2 Å². The van der Waals surface area contributed by atoms with Crippen LogP contribution in [0.3, 0.4) is 0 Å². The number of hydrogen-bond donors (Lipinski definition) is 3. The fourth-order valence-corrected chi connectivity index (χ4v) is 4.34. The minimum absolute atomic E-state index is 0.0601. The molecule has 0 saturated carbocycles. The van der Waals surface area contributed by atoms with Crippen LogP contribution >= 0.6 is 0 Å². The quantitative estimate of drug-likeness (QED) is 0.325. The molecule has 1 aromatic carbocycles. The van der Waals surface area contributed by atoms with Crippen molar-refractivity contribution < 1.29 is 33.4 Å². The van der Waals surface area contributed by atoms with Crippen molar-refractivity contribution in [2.24, 2.45) is 5.92 Å². The number of amides is 5. The third-order valence-corrected chi connectivity index (χ3v) is 6.16. The molecule has 2 fully saturated rings. The van der Waals surface area contributed by atoms with Gasteiger partial charge in [-0.2, -0.15) is 0 Å². The summed E-state index contributed by atoms with van der Waals surface area (Å²) in [5, 5.41) is 8.28. The zero-order valence-electron chi connectivity index (χ0n) is 18.8. The van der Waals surface area contributed by atoms with Gasteiger partial charge in [-0.1, -0.05) is 0 Å². The lowest BCUT2D eigenvalue weighted by Gasteiger charge is -2.27. The summed E-state index contributed by atoms with van der Waals surface area (Å²) in [6, 6.07) is 3.55. The van der Waals surface area contributed by atoms with E-state index in [1.807, 2.05) is 0 Å². The van der Waals surface area contributed by atoms with E-state index in [1.165, 1.54) is 12.1 Å². The molecule has 0 aromatic heterocycles. The monoisotopic (exact) mass is 472 g/mol. The highest BCUT2D eigenvalue weighted by Gasteiger charge is 2.44. The highest BCUT2D eigenvalue weighted by Crippen LogP contribution is 2.30. The molecule has 4 rings (SSSR count). The van der Waals surface area contributed by atoms with Gasteiger partial charge in [0.2, 0.25) is 17.7 Å². The molecule has 3 heterocycles. The first kappa shape index (κ1) is 23.8. The molecule has 1 aromatic rings. The predicted octanol–water partition coefficient (Wildman–Crippen LogP) is -0.401. The number of benzene rings is 1. The van der Waals surface area contributed by atoms with Crippen LogP contribution in [-0.4, -0.2) is 79.9 Å². The Morgan fingerprint density at radius 3 is 2.53 bits per heavy atom. The van der Waals surface area contributed by atoms with Gasteiger partial charge >= 0.3 is 0 Å². The van der Waals surface area contributed by atoms with Crippen LogP contribution in [0.1, 0.15) is 46.4 Å². The van der Waals surface area contributed by atoms with Crippen LogP contribution in [0.2, 0.25) is 0 Å². The van der Waals surface area contributed by atoms with Gasteiger partial charge in [0.05, 0.1) is 24.3 Å². The molecule has 3 aliphatic rings. The summed E-state index contributed by atoms with van der Waals surface area (Å²) in [7, 11) is 0. The van der Waals surface area contributed by atoms with Crippen molar-refractivity contribution in [2.75, 3.05) is 39.5 Å². The summed E-state index contributed by atoms with van der Waals surface area (Å²) in [5.74, 6) is -1.69. The maximum Gasteiger partial charge on any atom is 0.262 e. The zero-order valence-corrected chi connectivity index (χ0v) is 18.8. The van der Waals surface area contributed by atoms with E-state index in [0.29, 0.717) is 18.9 Å². The average Bonchev–Trinajstić information content (AvgIpc) is 3.08. The molecule has 2 saturated heterocycles. The van der Waals surface area contributed by atoms with E-state index < -0.39 is 29.7 Å². The third-order valence-electron chi connectivity index (χ3n) is 6.16. The Labute approximate surface area is 196 Å². The molecule has 11 heteroatoms. The van der Waals surface area contributed by atoms with E-state index in [2.05, 4.69) is 16.0 Å². The molecule has 0 spiro atoms. The topological polar surface area (TPSA) is 143 Å². The number of hydrogen-bond acceptors (Lipinski definition) is 8. The maximum absolute atomic E-state index is 12.8. The minimum atomic E-state index is -1.00. The standard InChI is InChI=1S/C23H28N4O7/c28-19-4-3-18(21(30)26-19)27-22(31)16-2-1-15(13-17(16)23(27)32)34-12-11-33-10-9-25-20(29)14-5-7-24-8-6-14/h1-2,13-14,18,24H,3-12H2,(H,25,29)(H,26,28,30). The van der Waals surface area contributed by atoms with Crippen molar-refractivity contribution in [1.29, 1.82) is 0 Å². The molecule has 3 aliphatic heterocycles. The Balaban J connectivity index is 1.21. The van der Waals surface area contributed by atoms with Crippen molar-refractivity contribution in [3.63, 3.8) is 0 Å². The Hall–Kier alpha value is -3.31. The number of rotatable bonds is 9. The Morgan fingerprint density at radius 2 is 1.76 bits per heavy atom. The number of carbonyl (C=O) groups excluding carboxylic acids is 5. The lowest BCUT2D eigenvalue weighted by atomic mass is 9.97. The SMILES string of the molecule is O=C1CCC(N2C(=O)c3ccc(OCCOCCNC(=O)C4CCNCC4)cc3C2=O)C(=O)N1. The number of piperidine rings is 2. The van der Waals surface area contributed by atoms with Gasteiger partial charge in [0.25, 0.3) is 11.8 Å². The van der Waals surface area contributed by atoms with E-state index in [4.69, 9.17) is 9.47 Å². The molecule has 5 amide bonds. The van der Waals surface area contributed by atoms with Gasteiger partial charge in [-0.15, -0.1) is 0 Å². The second-order valence-corrected chi connectivity index (χ2v) is 8.43. The predicted molar refractivity (Wildman–Crippen MR) is 118 cm³/mol. The number of ether oxygens (including phenoxy) is 2. The lowest BCUT2D eigenvalue weighted by molar-refractivity contribution is -0.136. The van der Waals surface area contributed by atoms with Gasteiger partial charge in [-0.25, -0.2) is 0 Å². The van der Waals surface area contributed by atoms with E-state index in [0.717, 1.165) is 30.8 Å². The molecule has 0 radical (unpaired) electrons. The second kappa shape index (κ2) is 10.7. The molecule has 3 N–H and O–H groups in total. The van der Waals surface area contributed by atoms with Crippen molar-refractivity contribution >= 4 is 29.5 Å². The summed E-state index contributed by atoms with van der Waals surface area (Å²) >= 11 is 0. The third kappa shape index (κ3) is 5.26. The molecule has 0 bridgehead atoms. The normalized spacial score (nSPS) is 20.8. The summed E-state index contributed by atoms with van der Waals surface area (Å²) < 4.78 is 11.1. The Bertz CT molecular complexity index is 990. The highest BCUT2D eigenvalue weighted by molar-refractivity contribution is 6.23. The van der Waals surface area contributed by atoms with Crippen molar-refractivity contribution in [1.82, 2.24) is 20.9 Å². The summed E-state index contributed by atoms with van der Waals surface area (Å²) in [6.07, 6.45) is 1.87. The van der Waals surface area contributed by atoms with Gasteiger partial charge in [0.15, 0.2) is 0 Å². The Morgan fingerprint density at radius 1 is 1.00 bits per heavy atom. The van der Waals surface area contributed by atoms with E-state index in [-0.39, 0.29) is 49.0 Å². The van der Waals surface area contributed by atoms with Crippen LogP contribution in [0, 0.1) is 5.92 Å². The Kier molecular flexibility index (Phi) is 7.53. The molecule has 0 aliphatic carbocycles. The number of carbonyl (C=O) groups is 5. The summed E-state index contributed by atoms with van der Waals surface area (Å²) in [5.41, 5.74) is 0.358. The van der Waals surface area contributed by atoms with Crippen molar-refractivity contribution in [2.45, 2.75) is 31.7 Å². The van der Waals surface area contributed by atoms with Gasteiger partial charge in [-0.3, -0.25) is 34.2 Å². The number of nitrogens with zero attached hydrogens (tertiary/aromatic N) is 1. The molecular weight excluding hydrogens is 444 g/mol. The van der Waals surface area contributed by atoms with Gasteiger partial charge in [0.1, 0.15) is 18.4 Å². The lowest BCUT2D eigenvalue weighted by Crippen LogP contribution is -2.54. The first-order valence-corrected chi connectivity index (χ1v) is 11.5. The van der Waals surface area contributed by atoms with Crippen LogP contribution in [0.25, 0.3) is 0 Å². The van der Waals surface area contributed by atoms with Gasteiger partial charge in [0, 0.05) is 18.9 Å². The second-order valence-electron chi connectivity index (χ2n) is 8.43. The number of imide groups is 2. The average molecular weight is 472 g/mol. The molecule has 1 atom stereocenters. The van der Waals surface area contributed by atoms with E-state index in [9.17, 15) is 24.0 Å². The van der Waals surface area contributed by atoms with Gasteiger partial charge < -0.3 is 20.1 Å². The molecule has 182 valence electrons. The smallest absolute Gasteiger partial charge is 0.262 e. The first-order valence-electron chi connectivity index (χ1n) is 11.5. The number of fused-ring (bicyclic) bond motifs is 1. The van der Waals surface area contributed by atoms with Gasteiger partial charge in [-0.05, 0) is 50.6 Å². The highest BCUT2D eigenvalue weighted by atomic mass is 16.5. The van der Waals surface area contributed by atoms with E-state index >= 15 is 0 Å². The summed E-state index contributed by atoms with van der Waals surface area (Å²) in [6.45, 7) is 3.02. The van der Waals surface area contributed by atoms with Crippen molar-refractivity contribution in [3.8, 4) is 5.75 Å². The van der Waals surface area contributed by atoms with E-state index in [1.54, 1.807) is 6.07 Å². The fraction of sp³-hybridized carbons (Fsp3) is 0.522. The largest absolute Gasteiger partial charge is 0.491 e. The first-order chi connectivity index (χ1) is 16.5. The van der Waals surface area contributed by atoms with Crippen LogP contribution in [0.5, 0.6) is 5.75 Å². The molecule has 11 nitrogen and oxygen atoms in total.